The summed E-state index contributed by atoms with van der Waals surface area (Å²) in [6, 6.07) is -0.671. The first-order chi connectivity index (χ1) is 7.24. The van der Waals surface area contributed by atoms with Gasteiger partial charge in [-0.05, 0) is 19.3 Å². The van der Waals surface area contributed by atoms with E-state index in [1.165, 1.54) is 6.92 Å². The SMILES string of the molecule is CCCC(C)(NC(=O)[C@@H](N)C(C)C)C(=O)O. The summed E-state index contributed by atoms with van der Waals surface area (Å²) in [5.74, 6) is -1.45. The third-order valence-electron chi connectivity index (χ3n) is 2.64. The number of nitrogens with two attached hydrogens (primary N) is 1. The smallest absolute Gasteiger partial charge is 0.329 e. The van der Waals surface area contributed by atoms with Crippen molar-refractivity contribution in [1.82, 2.24) is 5.32 Å². The molecule has 0 fully saturated rings. The van der Waals surface area contributed by atoms with Crippen molar-refractivity contribution in [2.24, 2.45) is 11.7 Å². The van der Waals surface area contributed by atoms with Crippen molar-refractivity contribution >= 4 is 11.9 Å². The lowest BCUT2D eigenvalue weighted by Crippen LogP contribution is -2.57. The van der Waals surface area contributed by atoms with Crippen molar-refractivity contribution in [3.05, 3.63) is 0 Å². The van der Waals surface area contributed by atoms with Crippen LogP contribution in [0.15, 0.2) is 0 Å². The molecule has 2 atom stereocenters. The highest BCUT2D eigenvalue weighted by molar-refractivity contribution is 5.89. The Hall–Kier alpha value is -1.10. The molecule has 0 aromatic rings. The molecule has 1 amide bonds. The van der Waals surface area contributed by atoms with Gasteiger partial charge in [-0.1, -0.05) is 27.2 Å². The number of aliphatic carboxylic acids is 1. The van der Waals surface area contributed by atoms with Gasteiger partial charge in [0.1, 0.15) is 5.54 Å². The number of carbonyl (C=O) groups excluding carboxylic acids is 1. The van der Waals surface area contributed by atoms with Crippen LogP contribution in [0.25, 0.3) is 0 Å². The van der Waals surface area contributed by atoms with Gasteiger partial charge in [0.2, 0.25) is 5.91 Å². The maximum atomic E-state index is 11.7. The first kappa shape index (κ1) is 14.9. The van der Waals surface area contributed by atoms with Gasteiger partial charge < -0.3 is 16.2 Å². The predicted molar refractivity (Wildman–Crippen MR) is 61.9 cm³/mol. The largest absolute Gasteiger partial charge is 0.480 e. The van der Waals surface area contributed by atoms with Gasteiger partial charge in [-0.15, -0.1) is 0 Å². The molecule has 0 aromatic heterocycles. The monoisotopic (exact) mass is 230 g/mol. The summed E-state index contributed by atoms with van der Waals surface area (Å²) in [4.78, 5) is 22.8. The third-order valence-corrected chi connectivity index (χ3v) is 2.64. The second-order valence-corrected chi connectivity index (χ2v) is 4.65. The molecular formula is C11H22N2O3. The molecule has 0 radical (unpaired) electrons. The molecule has 5 nitrogen and oxygen atoms in total. The molecule has 16 heavy (non-hydrogen) atoms. The summed E-state index contributed by atoms with van der Waals surface area (Å²) in [6.45, 7) is 7.02. The van der Waals surface area contributed by atoms with Gasteiger partial charge in [-0.2, -0.15) is 0 Å². The number of hydrogen-bond donors (Lipinski definition) is 3. The second-order valence-electron chi connectivity index (χ2n) is 4.65. The van der Waals surface area contributed by atoms with Crippen LogP contribution in [0, 0.1) is 5.92 Å². The van der Waals surface area contributed by atoms with E-state index >= 15 is 0 Å². The quantitative estimate of drug-likeness (QED) is 0.627. The molecule has 0 aliphatic heterocycles. The van der Waals surface area contributed by atoms with Gasteiger partial charge in [0.15, 0.2) is 0 Å². The van der Waals surface area contributed by atoms with Gasteiger partial charge in [-0.3, -0.25) is 4.79 Å². The molecule has 5 heteroatoms. The minimum atomic E-state index is -1.22. The van der Waals surface area contributed by atoms with E-state index in [-0.39, 0.29) is 5.92 Å². The van der Waals surface area contributed by atoms with E-state index in [9.17, 15) is 9.59 Å². The molecule has 0 aliphatic carbocycles. The fourth-order valence-electron chi connectivity index (χ4n) is 1.38. The Morgan fingerprint density at radius 1 is 1.44 bits per heavy atom. The summed E-state index contributed by atoms with van der Waals surface area (Å²) < 4.78 is 0. The maximum Gasteiger partial charge on any atom is 0.329 e. The Balaban J connectivity index is 4.65. The molecule has 0 rings (SSSR count). The lowest BCUT2D eigenvalue weighted by molar-refractivity contribution is -0.147. The molecule has 0 spiro atoms. The van der Waals surface area contributed by atoms with Crippen molar-refractivity contribution in [1.29, 1.82) is 0 Å². The van der Waals surface area contributed by atoms with Crippen LogP contribution in [0.1, 0.15) is 40.5 Å². The Morgan fingerprint density at radius 3 is 2.25 bits per heavy atom. The topological polar surface area (TPSA) is 92.4 Å². The Labute approximate surface area is 96.4 Å². The van der Waals surface area contributed by atoms with Crippen molar-refractivity contribution in [3.63, 3.8) is 0 Å². The minimum Gasteiger partial charge on any atom is -0.480 e. The number of carbonyl (C=O) groups is 2. The van der Waals surface area contributed by atoms with Crippen molar-refractivity contribution in [3.8, 4) is 0 Å². The van der Waals surface area contributed by atoms with E-state index in [2.05, 4.69) is 5.32 Å². The molecule has 4 N–H and O–H groups in total. The zero-order valence-corrected chi connectivity index (χ0v) is 10.4. The van der Waals surface area contributed by atoms with Gasteiger partial charge in [0, 0.05) is 0 Å². The van der Waals surface area contributed by atoms with Crippen LogP contribution in [0.2, 0.25) is 0 Å². The van der Waals surface area contributed by atoms with Crippen LogP contribution in [-0.4, -0.2) is 28.6 Å². The third kappa shape index (κ3) is 3.81. The van der Waals surface area contributed by atoms with Gasteiger partial charge in [0.05, 0.1) is 6.04 Å². The van der Waals surface area contributed by atoms with Crippen LogP contribution in [0.4, 0.5) is 0 Å². The summed E-state index contributed by atoms with van der Waals surface area (Å²) in [5.41, 5.74) is 4.43. The predicted octanol–water partition coefficient (Wildman–Crippen LogP) is 0.729. The van der Waals surface area contributed by atoms with E-state index in [1.54, 1.807) is 0 Å². The molecule has 0 saturated heterocycles. The van der Waals surface area contributed by atoms with E-state index < -0.39 is 23.5 Å². The Kier molecular flexibility index (Phi) is 5.44. The van der Waals surface area contributed by atoms with E-state index in [0.29, 0.717) is 12.8 Å². The van der Waals surface area contributed by atoms with Crippen LogP contribution in [-0.2, 0) is 9.59 Å². The fourth-order valence-corrected chi connectivity index (χ4v) is 1.38. The van der Waals surface area contributed by atoms with Gasteiger partial charge in [0.25, 0.3) is 0 Å². The highest BCUT2D eigenvalue weighted by Gasteiger charge is 2.35. The minimum absolute atomic E-state index is 0.0142. The number of amides is 1. The van der Waals surface area contributed by atoms with Crippen LogP contribution < -0.4 is 11.1 Å². The van der Waals surface area contributed by atoms with E-state index in [0.717, 1.165) is 0 Å². The molecule has 0 bridgehead atoms. The molecule has 0 heterocycles. The average molecular weight is 230 g/mol. The normalized spacial score (nSPS) is 16.6. The first-order valence-corrected chi connectivity index (χ1v) is 5.55. The van der Waals surface area contributed by atoms with Crippen molar-refractivity contribution < 1.29 is 14.7 Å². The average Bonchev–Trinajstić information content (AvgIpc) is 2.16. The number of nitrogens with one attached hydrogen (secondary N) is 1. The first-order valence-electron chi connectivity index (χ1n) is 5.55. The van der Waals surface area contributed by atoms with Crippen LogP contribution in [0.3, 0.4) is 0 Å². The lowest BCUT2D eigenvalue weighted by atomic mass is 9.94. The maximum absolute atomic E-state index is 11.7. The Morgan fingerprint density at radius 2 is 1.94 bits per heavy atom. The van der Waals surface area contributed by atoms with E-state index in [1.807, 2.05) is 20.8 Å². The molecule has 0 aliphatic rings. The van der Waals surface area contributed by atoms with Crippen molar-refractivity contribution in [2.45, 2.75) is 52.1 Å². The standard InChI is InChI=1S/C11H22N2O3/c1-5-6-11(4,10(15)16)13-9(14)8(12)7(2)3/h7-8H,5-6,12H2,1-4H3,(H,13,14)(H,15,16)/t8-,11?/m0/s1. The van der Waals surface area contributed by atoms with Crippen molar-refractivity contribution in [2.75, 3.05) is 0 Å². The fraction of sp³-hybridized carbons (Fsp3) is 0.818. The van der Waals surface area contributed by atoms with Crippen LogP contribution in [0.5, 0.6) is 0 Å². The summed E-state index contributed by atoms with van der Waals surface area (Å²) >= 11 is 0. The summed E-state index contributed by atoms with van der Waals surface area (Å²) in [5, 5.41) is 11.6. The summed E-state index contributed by atoms with van der Waals surface area (Å²) in [6.07, 6.45) is 1.07. The second kappa shape index (κ2) is 5.84. The van der Waals surface area contributed by atoms with Gasteiger partial charge in [-0.25, -0.2) is 4.79 Å². The molecule has 94 valence electrons. The van der Waals surface area contributed by atoms with E-state index in [4.69, 9.17) is 10.8 Å². The molecular weight excluding hydrogens is 208 g/mol. The number of rotatable bonds is 6. The Bertz CT molecular complexity index is 266. The molecule has 0 aromatic carbocycles. The molecule has 0 saturated carbocycles. The highest BCUT2D eigenvalue weighted by atomic mass is 16.4. The number of hydrogen-bond acceptors (Lipinski definition) is 3. The van der Waals surface area contributed by atoms with Gasteiger partial charge >= 0.3 is 5.97 Å². The zero-order valence-electron chi connectivity index (χ0n) is 10.4. The lowest BCUT2D eigenvalue weighted by Gasteiger charge is -2.28. The molecule has 1 unspecified atom stereocenters. The highest BCUT2D eigenvalue weighted by Crippen LogP contribution is 2.13. The summed E-state index contributed by atoms with van der Waals surface area (Å²) in [7, 11) is 0. The zero-order chi connectivity index (χ0) is 12.9. The number of carboxylic acids is 1. The number of carboxylic acid groups (broad SMARTS) is 1. The van der Waals surface area contributed by atoms with Crippen LogP contribution >= 0.6 is 0 Å².